The molecule has 0 unspecified atom stereocenters. The predicted octanol–water partition coefficient (Wildman–Crippen LogP) is 5.86. The van der Waals surface area contributed by atoms with E-state index < -0.39 is 11.7 Å². The van der Waals surface area contributed by atoms with Gasteiger partial charge in [0.05, 0.1) is 5.56 Å². The van der Waals surface area contributed by atoms with Crippen LogP contribution in [0, 0.1) is 0 Å². The molecule has 1 heterocycles. The average Bonchev–Trinajstić information content (AvgIpc) is 2.89. The Hall–Kier alpha value is -2.75. The maximum Gasteiger partial charge on any atom is 0.416 e. The minimum absolute atomic E-state index is 0.534. The Bertz CT molecular complexity index is 957. The summed E-state index contributed by atoms with van der Waals surface area (Å²) in [5.41, 5.74) is 2.39. The van der Waals surface area contributed by atoms with Crippen LogP contribution in [0.5, 0.6) is 0 Å². The molecule has 0 radical (unpaired) electrons. The van der Waals surface area contributed by atoms with Crippen molar-refractivity contribution in [3.05, 3.63) is 83.9 Å². The maximum absolute atomic E-state index is 12.7. The van der Waals surface area contributed by atoms with Gasteiger partial charge < -0.3 is 4.57 Å². The Labute approximate surface area is 136 Å². The summed E-state index contributed by atoms with van der Waals surface area (Å²) in [7, 11) is 0. The van der Waals surface area contributed by atoms with Crippen LogP contribution in [0.1, 0.15) is 11.1 Å². The molecule has 4 heteroatoms. The lowest BCUT2D eigenvalue weighted by molar-refractivity contribution is -0.137. The number of para-hydroxylation sites is 2. The van der Waals surface area contributed by atoms with Crippen molar-refractivity contribution in [1.82, 2.24) is 4.57 Å². The number of aromatic nitrogens is 1. The molecule has 4 aromatic rings. The van der Waals surface area contributed by atoms with Gasteiger partial charge in [0.15, 0.2) is 0 Å². The Morgan fingerprint density at radius 2 is 1.17 bits per heavy atom. The normalized spacial score (nSPS) is 12.1. The first-order valence-corrected chi connectivity index (χ1v) is 7.66. The fourth-order valence-electron chi connectivity index (χ4n) is 3.16. The lowest BCUT2D eigenvalue weighted by atomic mass is 10.1. The van der Waals surface area contributed by atoms with Gasteiger partial charge in [-0.05, 0) is 29.8 Å². The van der Waals surface area contributed by atoms with Crippen LogP contribution in [0.15, 0.2) is 72.8 Å². The summed E-state index contributed by atoms with van der Waals surface area (Å²) in [6, 6.07) is 21.6. The molecule has 0 saturated carbocycles. The molecule has 1 nitrogen and oxygen atoms in total. The Morgan fingerprint density at radius 1 is 0.667 bits per heavy atom. The minimum atomic E-state index is -4.30. The fraction of sp³-hybridized carbons (Fsp3) is 0.100. The fourth-order valence-corrected chi connectivity index (χ4v) is 3.16. The van der Waals surface area contributed by atoms with Crippen LogP contribution >= 0.6 is 0 Å². The van der Waals surface area contributed by atoms with Gasteiger partial charge in [-0.2, -0.15) is 13.2 Å². The molecule has 0 fully saturated rings. The highest BCUT2D eigenvalue weighted by atomic mass is 19.4. The van der Waals surface area contributed by atoms with E-state index in [9.17, 15) is 13.2 Å². The zero-order valence-corrected chi connectivity index (χ0v) is 12.7. The van der Waals surface area contributed by atoms with Gasteiger partial charge in [-0.3, -0.25) is 0 Å². The van der Waals surface area contributed by atoms with E-state index in [0.717, 1.165) is 39.5 Å². The lowest BCUT2D eigenvalue weighted by Crippen LogP contribution is -2.05. The van der Waals surface area contributed by atoms with Crippen molar-refractivity contribution in [1.29, 1.82) is 0 Å². The first-order valence-electron chi connectivity index (χ1n) is 7.66. The Balaban J connectivity index is 1.81. The molecule has 0 saturated heterocycles. The predicted molar refractivity (Wildman–Crippen MR) is 90.0 cm³/mol. The van der Waals surface area contributed by atoms with Gasteiger partial charge in [0.2, 0.25) is 0 Å². The van der Waals surface area contributed by atoms with Crippen LogP contribution in [-0.4, -0.2) is 4.57 Å². The number of rotatable bonds is 2. The molecule has 120 valence electrons. The second-order valence-corrected chi connectivity index (χ2v) is 5.82. The molecule has 4 rings (SSSR count). The number of alkyl halides is 3. The molecule has 0 amide bonds. The largest absolute Gasteiger partial charge is 0.416 e. The zero-order chi connectivity index (χ0) is 16.7. The number of fused-ring (bicyclic) bond motifs is 3. The zero-order valence-electron chi connectivity index (χ0n) is 12.7. The second kappa shape index (κ2) is 5.41. The van der Waals surface area contributed by atoms with Gasteiger partial charge >= 0.3 is 6.18 Å². The van der Waals surface area contributed by atoms with Crippen molar-refractivity contribution >= 4 is 21.8 Å². The van der Waals surface area contributed by atoms with Gasteiger partial charge in [-0.15, -0.1) is 0 Å². The van der Waals surface area contributed by atoms with Crippen molar-refractivity contribution in [3.8, 4) is 0 Å². The first kappa shape index (κ1) is 14.8. The third-order valence-corrected chi connectivity index (χ3v) is 4.30. The van der Waals surface area contributed by atoms with Crippen molar-refractivity contribution in [3.63, 3.8) is 0 Å². The number of hydrogen-bond donors (Lipinski definition) is 0. The molecule has 0 spiro atoms. The van der Waals surface area contributed by atoms with Gasteiger partial charge in [-0.25, -0.2) is 0 Å². The molecule has 1 aromatic heterocycles. The summed E-state index contributed by atoms with van der Waals surface area (Å²) in [5.74, 6) is 0. The van der Waals surface area contributed by atoms with Crippen LogP contribution in [0.4, 0.5) is 13.2 Å². The summed E-state index contributed by atoms with van der Waals surface area (Å²) in [4.78, 5) is 0. The van der Waals surface area contributed by atoms with E-state index in [2.05, 4.69) is 16.7 Å². The van der Waals surface area contributed by atoms with Crippen LogP contribution in [0.25, 0.3) is 21.8 Å². The third kappa shape index (κ3) is 2.44. The third-order valence-electron chi connectivity index (χ3n) is 4.30. The van der Waals surface area contributed by atoms with Crippen molar-refractivity contribution in [2.24, 2.45) is 0 Å². The lowest BCUT2D eigenvalue weighted by Gasteiger charge is -2.10. The summed E-state index contributed by atoms with van der Waals surface area (Å²) in [6.07, 6.45) is -4.30. The first-order chi connectivity index (χ1) is 11.5. The molecule has 24 heavy (non-hydrogen) atoms. The van der Waals surface area contributed by atoms with E-state index in [1.165, 1.54) is 0 Å². The maximum atomic E-state index is 12.7. The second-order valence-electron chi connectivity index (χ2n) is 5.82. The minimum Gasteiger partial charge on any atom is -0.336 e. The van der Waals surface area contributed by atoms with Crippen LogP contribution in [0.2, 0.25) is 0 Å². The molecular formula is C20H14F3N. The van der Waals surface area contributed by atoms with E-state index >= 15 is 0 Å². The number of halogens is 3. The van der Waals surface area contributed by atoms with Crippen LogP contribution in [0.3, 0.4) is 0 Å². The van der Waals surface area contributed by atoms with Gasteiger partial charge in [0.1, 0.15) is 0 Å². The smallest absolute Gasteiger partial charge is 0.336 e. The Morgan fingerprint density at radius 3 is 1.67 bits per heavy atom. The summed E-state index contributed by atoms with van der Waals surface area (Å²) in [6.45, 7) is 0.534. The standard InChI is InChI=1S/C20H14F3N/c21-20(22,23)15-11-9-14(10-12-15)13-24-18-7-3-1-5-16(18)17-6-2-4-8-19(17)24/h1-12H,13H2. The number of hydrogen-bond acceptors (Lipinski definition) is 0. The SMILES string of the molecule is FC(F)(F)c1ccc(Cn2c3ccccc3c3ccccc32)cc1. The highest BCUT2D eigenvalue weighted by Gasteiger charge is 2.29. The average molecular weight is 325 g/mol. The van der Waals surface area contributed by atoms with Crippen LogP contribution < -0.4 is 0 Å². The van der Waals surface area contributed by atoms with Gasteiger partial charge in [0, 0.05) is 28.4 Å². The molecule has 0 bridgehead atoms. The summed E-state index contributed by atoms with van der Waals surface area (Å²) < 4.78 is 40.3. The van der Waals surface area contributed by atoms with Crippen molar-refractivity contribution in [2.45, 2.75) is 12.7 Å². The van der Waals surface area contributed by atoms with E-state index in [1.807, 2.05) is 36.4 Å². The topological polar surface area (TPSA) is 4.93 Å². The highest BCUT2D eigenvalue weighted by Crippen LogP contribution is 2.31. The summed E-state index contributed by atoms with van der Waals surface area (Å²) in [5, 5.41) is 2.31. The van der Waals surface area contributed by atoms with Crippen molar-refractivity contribution < 1.29 is 13.2 Å². The van der Waals surface area contributed by atoms with Gasteiger partial charge in [-0.1, -0.05) is 48.5 Å². The molecule has 0 aliphatic carbocycles. The quantitative estimate of drug-likeness (QED) is 0.435. The van der Waals surface area contributed by atoms with E-state index in [-0.39, 0.29) is 0 Å². The molecule has 0 aliphatic heterocycles. The molecule has 0 N–H and O–H groups in total. The summed E-state index contributed by atoms with van der Waals surface area (Å²) >= 11 is 0. The number of benzene rings is 3. The van der Waals surface area contributed by atoms with Crippen molar-refractivity contribution in [2.75, 3.05) is 0 Å². The van der Waals surface area contributed by atoms with E-state index in [4.69, 9.17) is 0 Å². The van der Waals surface area contributed by atoms with E-state index in [0.29, 0.717) is 6.54 Å². The highest BCUT2D eigenvalue weighted by molar-refractivity contribution is 6.08. The van der Waals surface area contributed by atoms with E-state index in [1.54, 1.807) is 12.1 Å². The molecule has 0 aliphatic rings. The Kier molecular flexibility index (Phi) is 3.34. The number of nitrogens with zero attached hydrogens (tertiary/aromatic N) is 1. The monoisotopic (exact) mass is 325 g/mol. The molecule has 0 atom stereocenters. The van der Waals surface area contributed by atoms with Crippen LogP contribution in [-0.2, 0) is 12.7 Å². The van der Waals surface area contributed by atoms with Gasteiger partial charge in [0.25, 0.3) is 0 Å². The molecule has 3 aromatic carbocycles. The molecular weight excluding hydrogens is 311 g/mol.